The summed E-state index contributed by atoms with van der Waals surface area (Å²) in [6.45, 7) is 0.828. The zero-order valence-electron chi connectivity index (χ0n) is 15.8. The second-order valence-corrected chi connectivity index (χ2v) is 9.56. The van der Waals surface area contributed by atoms with Crippen LogP contribution < -0.4 is 4.74 Å². The fraction of sp³-hybridized carbons (Fsp3) is 0.300. The van der Waals surface area contributed by atoms with E-state index in [1.54, 1.807) is 31.4 Å². The molecule has 1 aliphatic heterocycles. The molecular weight excluding hydrogens is 458 g/mol. The Morgan fingerprint density at radius 1 is 1.14 bits per heavy atom. The average Bonchev–Trinajstić information content (AvgIpc) is 3.24. The molecule has 0 unspecified atom stereocenters. The molecular formula is C20H20BrN3O4S. The lowest BCUT2D eigenvalue weighted by Gasteiger charge is -2.30. The largest absolute Gasteiger partial charge is 0.497 e. The zero-order valence-corrected chi connectivity index (χ0v) is 18.2. The number of sulfonamides is 1. The van der Waals surface area contributed by atoms with Crippen LogP contribution in [-0.4, -0.2) is 43.1 Å². The van der Waals surface area contributed by atoms with Crippen LogP contribution in [-0.2, 0) is 10.0 Å². The average molecular weight is 478 g/mol. The smallest absolute Gasteiger partial charge is 0.258 e. The van der Waals surface area contributed by atoms with Gasteiger partial charge < -0.3 is 9.26 Å². The van der Waals surface area contributed by atoms with Crippen molar-refractivity contribution in [1.29, 1.82) is 0 Å². The molecule has 0 saturated carbocycles. The van der Waals surface area contributed by atoms with Gasteiger partial charge in [0.25, 0.3) is 5.89 Å². The van der Waals surface area contributed by atoms with E-state index in [0.717, 1.165) is 5.56 Å². The fourth-order valence-electron chi connectivity index (χ4n) is 3.42. The van der Waals surface area contributed by atoms with Crippen LogP contribution >= 0.6 is 15.9 Å². The summed E-state index contributed by atoms with van der Waals surface area (Å²) in [5.41, 5.74) is 0.789. The first kappa shape index (κ1) is 20.1. The highest BCUT2D eigenvalue weighted by atomic mass is 79.9. The Bertz CT molecular complexity index is 1110. The third kappa shape index (κ3) is 4.08. The number of halogens is 1. The molecule has 0 spiro atoms. The first-order valence-corrected chi connectivity index (χ1v) is 11.4. The van der Waals surface area contributed by atoms with E-state index in [1.807, 2.05) is 24.3 Å². The molecule has 0 radical (unpaired) electrons. The molecule has 1 saturated heterocycles. The van der Waals surface area contributed by atoms with Crippen LogP contribution in [0.25, 0.3) is 11.5 Å². The van der Waals surface area contributed by atoms with Gasteiger partial charge in [-0.3, -0.25) is 0 Å². The van der Waals surface area contributed by atoms with Crippen molar-refractivity contribution in [3.05, 3.63) is 58.8 Å². The van der Waals surface area contributed by atoms with Crippen molar-refractivity contribution >= 4 is 26.0 Å². The maximum absolute atomic E-state index is 12.9. The van der Waals surface area contributed by atoms with Gasteiger partial charge >= 0.3 is 0 Å². The molecule has 0 bridgehead atoms. The van der Waals surface area contributed by atoms with Gasteiger partial charge in [-0.25, -0.2) is 8.42 Å². The molecule has 7 nitrogen and oxygen atoms in total. The lowest BCUT2D eigenvalue weighted by molar-refractivity contribution is 0.307. The molecule has 4 rings (SSSR count). The number of benzene rings is 2. The molecule has 0 amide bonds. The standard InChI is InChI=1S/C20H20BrN3O4S/c1-27-16-6-4-5-15(13-16)20-22-19(23-28-20)14-9-11-24(12-10-14)29(25,26)18-8-3-2-7-17(18)21/h2-8,13-14H,9-12H2,1H3. The summed E-state index contributed by atoms with van der Waals surface area (Å²) >= 11 is 3.34. The van der Waals surface area contributed by atoms with E-state index < -0.39 is 10.0 Å². The molecule has 1 aliphatic rings. The summed E-state index contributed by atoms with van der Waals surface area (Å²) in [6.07, 6.45) is 1.28. The topological polar surface area (TPSA) is 85.5 Å². The number of aromatic nitrogens is 2. The molecule has 9 heteroatoms. The third-order valence-electron chi connectivity index (χ3n) is 5.03. The first-order chi connectivity index (χ1) is 14.0. The molecule has 3 aromatic rings. The van der Waals surface area contributed by atoms with Gasteiger partial charge in [-0.1, -0.05) is 23.4 Å². The molecule has 0 atom stereocenters. The summed E-state index contributed by atoms with van der Waals surface area (Å²) in [5.74, 6) is 1.82. The molecule has 0 N–H and O–H groups in total. The number of hydrogen-bond acceptors (Lipinski definition) is 6. The van der Waals surface area contributed by atoms with Gasteiger partial charge in [-0.15, -0.1) is 0 Å². The highest BCUT2D eigenvalue weighted by Crippen LogP contribution is 2.32. The maximum atomic E-state index is 12.9. The summed E-state index contributed by atoms with van der Waals surface area (Å²) in [5, 5.41) is 4.13. The van der Waals surface area contributed by atoms with Gasteiger partial charge in [0, 0.05) is 29.0 Å². The summed E-state index contributed by atoms with van der Waals surface area (Å²) < 4.78 is 38.6. The molecule has 29 heavy (non-hydrogen) atoms. The molecule has 1 aromatic heterocycles. The Hall–Kier alpha value is -2.23. The summed E-state index contributed by atoms with van der Waals surface area (Å²) in [6, 6.07) is 14.3. The van der Waals surface area contributed by atoms with Crippen molar-refractivity contribution in [2.45, 2.75) is 23.7 Å². The van der Waals surface area contributed by atoms with Crippen LogP contribution in [0.4, 0.5) is 0 Å². The van der Waals surface area contributed by atoms with Gasteiger partial charge in [-0.2, -0.15) is 9.29 Å². The van der Waals surface area contributed by atoms with E-state index in [1.165, 1.54) is 4.31 Å². The summed E-state index contributed by atoms with van der Waals surface area (Å²) in [7, 11) is -1.93. The minimum Gasteiger partial charge on any atom is -0.497 e. The monoisotopic (exact) mass is 477 g/mol. The van der Waals surface area contributed by atoms with Gasteiger partial charge in [-0.05, 0) is 59.1 Å². The Morgan fingerprint density at radius 2 is 1.90 bits per heavy atom. The van der Waals surface area contributed by atoms with E-state index >= 15 is 0 Å². The fourth-order valence-corrected chi connectivity index (χ4v) is 5.85. The van der Waals surface area contributed by atoms with Crippen molar-refractivity contribution in [3.63, 3.8) is 0 Å². The lowest BCUT2D eigenvalue weighted by atomic mass is 9.97. The third-order valence-corrected chi connectivity index (χ3v) is 7.94. The quantitative estimate of drug-likeness (QED) is 0.550. The highest BCUT2D eigenvalue weighted by molar-refractivity contribution is 9.10. The van der Waals surface area contributed by atoms with Gasteiger partial charge in [0.05, 0.1) is 12.0 Å². The van der Waals surface area contributed by atoms with E-state index in [-0.39, 0.29) is 5.92 Å². The molecule has 2 aromatic carbocycles. The van der Waals surface area contributed by atoms with E-state index in [4.69, 9.17) is 9.26 Å². The Morgan fingerprint density at radius 3 is 2.62 bits per heavy atom. The van der Waals surface area contributed by atoms with Crippen LogP contribution in [0, 0.1) is 0 Å². The second-order valence-electron chi connectivity index (χ2n) is 6.80. The van der Waals surface area contributed by atoms with Crippen molar-refractivity contribution in [1.82, 2.24) is 14.4 Å². The van der Waals surface area contributed by atoms with E-state index in [0.29, 0.717) is 52.8 Å². The minimum absolute atomic E-state index is 0.0590. The normalized spacial score (nSPS) is 16.1. The second kappa shape index (κ2) is 8.25. The van der Waals surface area contributed by atoms with Crippen LogP contribution in [0.5, 0.6) is 5.75 Å². The van der Waals surface area contributed by atoms with Crippen molar-refractivity contribution in [3.8, 4) is 17.2 Å². The van der Waals surface area contributed by atoms with Crippen molar-refractivity contribution in [2.24, 2.45) is 0 Å². The predicted molar refractivity (Wildman–Crippen MR) is 111 cm³/mol. The van der Waals surface area contributed by atoms with Crippen molar-refractivity contribution < 1.29 is 17.7 Å². The van der Waals surface area contributed by atoms with E-state index in [9.17, 15) is 8.42 Å². The number of ether oxygens (including phenoxy) is 1. The number of piperidine rings is 1. The number of nitrogens with zero attached hydrogens (tertiary/aromatic N) is 3. The van der Waals surface area contributed by atoms with Gasteiger partial charge in [0.15, 0.2) is 5.82 Å². The van der Waals surface area contributed by atoms with Crippen LogP contribution in [0.3, 0.4) is 0 Å². The number of rotatable bonds is 5. The highest BCUT2D eigenvalue weighted by Gasteiger charge is 2.32. The van der Waals surface area contributed by atoms with Crippen LogP contribution in [0.15, 0.2) is 62.4 Å². The van der Waals surface area contributed by atoms with Crippen LogP contribution in [0.1, 0.15) is 24.6 Å². The Balaban J connectivity index is 1.46. The number of hydrogen-bond donors (Lipinski definition) is 0. The van der Waals surface area contributed by atoms with Gasteiger partial charge in [0.1, 0.15) is 5.75 Å². The number of methoxy groups -OCH3 is 1. The Kier molecular flexibility index (Phi) is 5.71. The van der Waals surface area contributed by atoms with Gasteiger partial charge in [0.2, 0.25) is 10.0 Å². The predicted octanol–water partition coefficient (Wildman–Crippen LogP) is 4.08. The molecule has 2 heterocycles. The van der Waals surface area contributed by atoms with Crippen LogP contribution in [0.2, 0.25) is 0 Å². The maximum Gasteiger partial charge on any atom is 0.258 e. The van der Waals surface area contributed by atoms with Crippen molar-refractivity contribution in [2.75, 3.05) is 20.2 Å². The summed E-state index contributed by atoms with van der Waals surface area (Å²) in [4.78, 5) is 4.82. The first-order valence-electron chi connectivity index (χ1n) is 9.22. The molecule has 1 fully saturated rings. The Labute approximate surface area is 177 Å². The minimum atomic E-state index is -3.54. The molecule has 152 valence electrons. The molecule has 0 aliphatic carbocycles. The lowest BCUT2D eigenvalue weighted by Crippen LogP contribution is -2.38. The SMILES string of the molecule is COc1cccc(-c2nc(C3CCN(S(=O)(=O)c4ccccc4Br)CC3)no2)c1. The van der Waals surface area contributed by atoms with E-state index in [2.05, 4.69) is 26.1 Å². The zero-order chi connectivity index (χ0) is 20.4.